The maximum atomic E-state index is 12.9. The summed E-state index contributed by atoms with van der Waals surface area (Å²) in [4.78, 5) is 17.4. The van der Waals surface area contributed by atoms with E-state index < -0.39 is 0 Å². The summed E-state index contributed by atoms with van der Waals surface area (Å²) < 4.78 is 1.68. The summed E-state index contributed by atoms with van der Waals surface area (Å²) in [5, 5.41) is 8.90. The van der Waals surface area contributed by atoms with Gasteiger partial charge in [-0.05, 0) is 61.7 Å². The molecular weight excluding hydrogens is 407 g/mol. The van der Waals surface area contributed by atoms with Crippen molar-refractivity contribution in [3.63, 3.8) is 0 Å². The van der Waals surface area contributed by atoms with Crippen LogP contribution in [0.4, 0.5) is 0 Å². The van der Waals surface area contributed by atoms with Crippen LogP contribution in [0.25, 0.3) is 17.1 Å². The second-order valence-electron chi connectivity index (χ2n) is 7.37. The summed E-state index contributed by atoms with van der Waals surface area (Å²) in [6, 6.07) is 13.1. The third-order valence-electron chi connectivity index (χ3n) is 5.32. The smallest absolute Gasteiger partial charge is 0.291 e. The van der Waals surface area contributed by atoms with Crippen molar-refractivity contribution in [2.24, 2.45) is 0 Å². The van der Waals surface area contributed by atoms with Crippen molar-refractivity contribution >= 4 is 29.1 Å². The second kappa shape index (κ2) is 8.56. The number of hydrogen-bond acceptors (Lipinski definition) is 3. The molecule has 1 saturated carbocycles. The van der Waals surface area contributed by atoms with Crippen LogP contribution in [0, 0.1) is 6.92 Å². The van der Waals surface area contributed by atoms with Gasteiger partial charge in [-0.25, -0.2) is 9.67 Å². The molecule has 1 aromatic heterocycles. The molecule has 4 rings (SSSR count). The Kier molecular flexibility index (Phi) is 5.88. The number of nitrogens with one attached hydrogen (secondary N) is 1. The van der Waals surface area contributed by atoms with Crippen molar-refractivity contribution in [3.8, 4) is 17.1 Å². The van der Waals surface area contributed by atoms with E-state index in [-0.39, 0.29) is 17.8 Å². The van der Waals surface area contributed by atoms with Crippen molar-refractivity contribution in [2.45, 2.75) is 45.1 Å². The Hall–Kier alpha value is -2.37. The van der Waals surface area contributed by atoms with Gasteiger partial charge < -0.3 is 5.32 Å². The lowest BCUT2D eigenvalue weighted by atomic mass is 9.95. The molecule has 7 heteroatoms. The fourth-order valence-electron chi connectivity index (χ4n) is 3.68. The first kappa shape index (κ1) is 19.9. The number of nitrogens with zero attached hydrogens (tertiary/aromatic N) is 3. The summed E-state index contributed by atoms with van der Waals surface area (Å²) in [6.45, 7) is 1.92. The van der Waals surface area contributed by atoms with Crippen LogP contribution in [0.2, 0.25) is 10.0 Å². The maximum absolute atomic E-state index is 12.9. The molecule has 1 fully saturated rings. The Morgan fingerprint density at radius 1 is 1.07 bits per heavy atom. The Morgan fingerprint density at radius 3 is 2.52 bits per heavy atom. The second-order valence-corrected chi connectivity index (χ2v) is 8.21. The highest BCUT2D eigenvalue weighted by Crippen LogP contribution is 2.27. The van der Waals surface area contributed by atoms with E-state index in [1.165, 1.54) is 6.42 Å². The molecule has 1 amide bonds. The molecule has 29 heavy (non-hydrogen) atoms. The zero-order valence-corrected chi connectivity index (χ0v) is 17.7. The minimum absolute atomic E-state index is 0.153. The molecule has 1 aliphatic carbocycles. The van der Waals surface area contributed by atoms with Gasteiger partial charge in [-0.1, -0.05) is 48.5 Å². The van der Waals surface area contributed by atoms with Gasteiger partial charge >= 0.3 is 0 Å². The molecule has 0 bridgehead atoms. The molecule has 2 aromatic carbocycles. The van der Waals surface area contributed by atoms with E-state index in [4.69, 9.17) is 23.2 Å². The van der Waals surface area contributed by atoms with Gasteiger partial charge in [0, 0.05) is 21.7 Å². The monoisotopic (exact) mass is 428 g/mol. The molecule has 5 nitrogen and oxygen atoms in total. The maximum Gasteiger partial charge on any atom is 0.291 e. The van der Waals surface area contributed by atoms with Crippen LogP contribution in [0.15, 0.2) is 42.5 Å². The summed E-state index contributed by atoms with van der Waals surface area (Å²) >= 11 is 12.4. The number of aromatic nitrogens is 3. The van der Waals surface area contributed by atoms with E-state index >= 15 is 0 Å². The molecule has 3 aromatic rings. The summed E-state index contributed by atoms with van der Waals surface area (Å²) in [5.74, 6) is 0.478. The van der Waals surface area contributed by atoms with E-state index in [0.717, 1.165) is 42.5 Å². The number of benzene rings is 2. The average Bonchev–Trinajstić information content (AvgIpc) is 3.17. The van der Waals surface area contributed by atoms with Crippen LogP contribution in [0.3, 0.4) is 0 Å². The highest BCUT2D eigenvalue weighted by atomic mass is 35.5. The topological polar surface area (TPSA) is 59.8 Å². The molecule has 0 aliphatic heterocycles. The lowest BCUT2D eigenvalue weighted by Gasteiger charge is -2.21. The molecule has 0 spiro atoms. The van der Waals surface area contributed by atoms with Gasteiger partial charge in [-0.3, -0.25) is 4.79 Å². The first-order valence-electron chi connectivity index (χ1n) is 9.82. The first-order chi connectivity index (χ1) is 14.0. The first-order valence-corrected chi connectivity index (χ1v) is 10.6. The molecule has 150 valence electrons. The highest BCUT2D eigenvalue weighted by Gasteiger charge is 2.23. The van der Waals surface area contributed by atoms with E-state index in [2.05, 4.69) is 15.4 Å². The molecular formula is C22H22Cl2N4O. The van der Waals surface area contributed by atoms with Crippen LogP contribution in [0.1, 0.15) is 48.3 Å². The van der Waals surface area contributed by atoms with Crippen molar-refractivity contribution < 1.29 is 4.79 Å². The van der Waals surface area contributed by atoms with Crippen LogP contribution >= 0.6 is 23.2 Å². The van der Waals surface area contributed by atoms with Crippen molar-refractivity contribution in [2.75, 3.05) is 0 Å². The predicted molar refractivity (Wildman–Crippen MR) is 116 cm³/mol. The molecule has 0 saturated heterocycles. The third-order valence-corrected chi connectivity index (χ3v) is 5.98. The van der Waals surface area contributed by atoms with Gasteiger partial charge in [-0.2, -0.15) is 0 Å². The number of rotatable bonds is 4. The Bertz CT molecular complexity index is 1020. The number of amides is 1. The van der Waals surface area contributed by atoms with E-state index in [1.54, 1.807) is 16.8 Å². The minimum atomic E-state index is -0.245. The zero-order valence-electron chi connectivity index (χ0n) is 16.2. The van der Waals surface area contributed by atoms with Crippen LogP contribution in [-0.4, -0.2) is 26.7 Å². The van der Waals surface area contributed by atoms with Gasteiger partial charge in [0.05, 0.1) is 5.69 Å². The molecule has 0 atom stereocenters. The lowest BCUT2D eigenvalue weighted by molar-refractivity contribution is 0.0917. The lowest BCUT2D eigenvalue weighted by Crippen LogP contribution is -2.36. The largest absolute Gasteiger partial charge is 0.347 e. The Labute approximate surface area is 180 Å². The van der Waals surface area contributed by atoms with Crippen LogP contribution < -0.4 is 5.32 Å². The van der Waals surface area contributed by atoms with Gasteiger partial charge in [-0.15, -0.1) is 5.10 Å². The predicted octanol–water partition coefficient (Wildman–Crippen LogP) is 5.61. The molecule has 1 aliphatic rings. The number of carbonyl (C=O) groups excluding carboxylic acids is 1. The van der Waals surface area contributed by atoms with E-state index in [1.807, 2.05) is 37.3 Å². The molecule has 1 N–H and O–H groups in total. The molecule has 0 radical (unpaired) electrons. The Balaban J connectivity index is 1.75. The number of halogens is 2. The molecule has 1 heterocycles. The minimum Gasteiger partial charge on any atom is -0.347 e. The van der Waals surface area contributed by atoms with E-state index in [0.29, 0.717) is 15.9 Å². The van der Waals surface area contributed by atoms with Crippen LogP contribution in [-0.2, 0) is 0 Å². The van der Waals surface area contributed by atoms with Gasteiger partial charge in [0.2, 0.25) is 5.82 Å². The van der Waals surface area contributed by atoms with Crippen molar-refractivity contribution in [3.05, 3.63) is 63.9 Å². The van der Waals surface area contributed by atoms with E-state index in [9.17, 15) is 4.79 Å². The fraction of sp³-hybridized carbons (Fsp3) is 0.318. The van der Waals surface area contributed by atoms with Crippen molar-refractivity contribution in [1.82, 2.24) is 20.1 Å². The Morgan fingerprint density at radius 2 is 1.79 bits per heavy atom. The third kappa shape index (κ3) is 4.31. The number of carbonyl (C=O) groups is 1. The average molecular weight is 429 g/mol. The number of hydrogen-bond donors (Lipinski definition) is 1. The quantitative estimate of drug-likeness (QED) is 0.586. The van der Waals surface area contributed by atoms with Crippen LogP contribution in [0.5, 0.6) is 0 Å². The zero-order chi connectivity index (χ0) is 20.4. The highest BCUT2D eigenvalue weighted by molar-refractivity contribution is 6.31. The van der Waals surface area contributed by atoms with Gasteiger partial charge in [0.1, 0.15) is 0 Å². The fourth-order valence-corrected chi connectivity index (χ4v) is 3.98. The normalized spacial score (nSPS) is 14.7. The summed E-state index contributed by atoms with van der Waals surface area (Å²) in [5.41, 5.74) is 2.47. The standard InChI is InChI=1S/C22H22Cl2N4O/c1-14-18(24)8-5-9-19(14)28-21(15-10-12-16(23)13-11-15)26-20(27-28)22(29)25-17-6-3-2-4-7-17/h5,8-13,17H,2-4,6-7H2,1H3,(H,25,29). The van der Waals surface area contributed by atoms with Gasteiger partial charge in [0.25, 0.3) is 5.91 Å². The summed E-state index contributed by atoms with van der Waals surface area (Å²) in [6.07, 6.45) is 5.52. The SMILES string of the molecule is Cc1c(Cl)cccc1-n1nc(C(=O)NC2CCCCC2)nc1-c1ccc(Cl)cc1. The molecule has 0 unspecified atom stereocenters. The summed E-state index contributed by atoms with van der Waals surface area (Å²) in [7, 11) is 0. The van der Waals surface area contributed by atoms with Gasteiger partial charge in [0.15, 0.2) is 5.82 Å². The van der Waals surface area contributed by atoms with Crippen molar-refractivity contribution in [1.29, 1.82) is 0 Å².